The predicted octanol–water partition coefficient (Wildman–Crippen LogP) is 3.91. The molecule has 18 heavy (non-hydrogen) atoms. The van der Waals surface area contributed by atoms with Crippen LogP contribution in [0.15, 0.2) is 34.9 Å². The maximum absolute atomic E-state index is 13.2. The highest BCUT2D eigenvalue weighted by Crippen LogP contribution is 2.32. The zero-order valence-electron chi connectivity index (χ0n) is 10.1. The van der Waals surface area contributed by atoms with Crippen molar-refractivity contribution in [3.63, 3.8) is 0 Å². The number of halogens is 1. The highest BCUT2D eigenvalue weighted by atomic mass is 19.1. The Bertz CT molecular complexity index is 584. The van der Waals surface area contributed by atoms with Crippen LogP contribution in [0, 0.1) is 5.82 Å². The van der Waals surface area contributed by atoms with Crippen LogP contribution in [0.1, 0.15) is 35.9 Å². The van der Waals surface area contributed by atoms with Gasteiger partial charge in [0.1, 0.15) is 17.1 Å². The number of aromatic carboxylic acids is 1. The van der Waals surface area contributed by atoms with Gasteiger partial charge in [-0.05, 0) is 17.7 Å². The fourth-order valence-electron chi connectivity index (χ4n) is 1.89. The van der Waals surface area contributed by atoms with Gasteiger partial charge in [0.2, 0.25) is 0 Å². The third-order valence-electron chi connectivity index (χ3n) is 2.69. The Morgan fingerprint density at radius 1 is 1.39 bits per heavy atom. The van der Waals surface area contributed by atoms with Gasteiger partial charge in [-0.1, -0.05) is 26.0 Å². The lowest BCUT2D eigenvalue weighted by Gasteiger charge is -2.04. The molecule has 1 heterocycles. The van der Waals surface area contributed by atoms with E-state index < -0.39 is 11.8 Å². The van der Waals surface area contributed by atoms with Crippen molar-refractivity contribution >= 4 is 5.97 Å². The molecular weight excluding hydrogens is 235 g/mol. The largest absolute Gasteiger partial charge is 0.478 e. The van der Waals surface area contributed by atoms with Crippen LogP contribution in [-0.4, -0.2) is 11.1 Å². The van der Waals surface area contributed by atoms with E-state index in [0.29, 0.717) is 16.9 Å². The second-order valence-electron chi connectivity index (χ2n) is 4.36. The highest BCUT2D eigenvalue weighted by molar-refractivity contribution is 5.97. The molecule has 0 atom stereocenters. The van der Waals surface area contributed by atoms with E-state index in [1.54, 1.807) is 12.1 Å². The Balaban J connectivity index is 2.62. The number of hydrogen-bond donors (Lipinski definition) is 1. The Kier molecular flexibility index (Phi) is 3.19. The van der Waals surface area contributed by atoms with Crippen molar-refractivity contribution in [1.82, 2.24) is 0 Å². The highest BCUT2D eigenvalue weighted by Gasteiger charge is 2.23. The normalized spacial score (nSPS) is 10.9. The Morgan fingerprint density at radius 2 is 2.11 bits per heavy atom. The van der Waals surface area contributed by atoms with Gasteiger partial charge in [-0.15, -0.1) is 0 Å². The minimum absolute atomic E-state index is 0.0431. The molecule has 94 valence electrons. The van der Waals surface area contributed by atoms with E-state index in [0.717, 1.165) is 0 Å². The number of carboxylic acid groups (broad SMARTS) is 1. The van der Waals surface area contributed by atoms with Crippen LogP contribution < -0.4 is 0 Å². The Hall–Kier alpha value is -2.10. The van der Waals surface area contributed by atoms with Crippen LogP contribution in [0.3, 0.4) is 0 Å². The monoisotopic (exact) mass is 248 g/mol. The van der Waals surface area contributed by atoms with Crippen molar-refractivity contribution in [3.05, 3.63) is 47.7 Å². The molecule has 4 heteroatoms. The van der Waals surface area contributed by atoms with E-state index in [-0.39, 0.29) is 11.5 Å². The van der Waals surface area contributed by atoms with E-state index in [2.05, 4.69) is 0 Å². The first-order chi connectivity index (χ1) is 8.50. The zero-order valence-corrected chi connectivity index (χ0v) is 10.1. The van der Waals surface area contributed by atoms with Crippen molar-refractivity contribution in [2.45, 2.75) is 19.8 Å². The summed E-state index contributed by atoms with van der Waals surface area (Å²) in [6.45, 7) is 3.70. The zero-order chi connectivity index (χ0) is 13.3. The molecule has 0 aliphatic rings. The van der Waals surface area contributed by atoms with Gasteiger partial charge in [0, 0.05) is 11.5 Å². The van der Waals surface area contributed by atoms with E-state index in [4.69, 9.17) is 4.42 Å². The smallest absolute Gasteiger partial charge is 0.339 e. The minimum atomic E-state index is -1.06. The summed E-state index contributed by atoms with van der Waals surface area (Å²) >= 11 is 0. The topological polar surface area (TPSA) is 50.4 Å². The second-order valence-corrected chi connectivity index (χ2v) is 4.36. The number of rotatable bonds is 3. The van der Waals surface area contributed by atoms with Gasteiger partial charge in [-0.25, -0.2) is 9.18 Å². The van der Waals surface area contributed by atoms with E-state index in [9.17, 15) is 14.3 Å². The third kappa shape index (κ3) is 2.14. The summed E-state index contributed by atoms with van der Waals surface area (Å²) in [7, 11) is 0. The first-order valence-corrected chi connectivity index (χ1v) is 5.61. The molecule has 0 spiro atoms. The molecule has 0 saturated carbocycles. The molecule has 0 radical (unpaired) electrons. The molecule has 0 fully saturated rings. The molecule has 0 aliphatic heterocycles. The average Bonchev–Trinajstić information content (AvgIpc) is 2.73. The molecule has 1 N–H and O–H groups in total. The lowest BCUT2D eigenvalue weighted by atomic mass is 9.99. The summed E-state index contributed by atoms with van der Waals surface area (Å²) in [6, 6.07) is 5.80. The summed E-state index contributed by atoms with van der Waals surface area (Å²) < 4.78 is 18.5. The maximum Gasteiger partial charge on any atom is 0.339 e. The molecule has 1 aromatic carbocycles. The number of benzene rings is 1. The predicted molar refractivity (Wildman–Crippen MR) is 65.2 cm³/mol. The summed E-state index contributed by atoms with van der Waals surface area (Å²) in [4.78, 5) is 11.3. The molecule has 0 aliphatic carbocycles. The van der Waals surface area contributed by atoms with Gasteiger partial charge < -0.3 is 9.52 Å². The Labute approximate surface area is 104 Å². The van der Waals surface area contributed by atoms with Crippen molar-refractivity contribution < 1.29 is 18.7 Å². The summed E-state index contributed by atoms with van der Waals surface area (Å²) in [5, 5.41) is 9.26. The van der Waals surface area contributed by atoms with E-state index in [1.807, 2.05) is 13.8 Å². The fourth-order valence-corrected chi connectivity index (χ4v) is 1.89. The van der Waals surface area contributed by atoms with Gasteiger partial charge in [0.15, 0.2) is 0 Å². The van der Waals surface area contributed by atoms with Crippen LogP contribution in [0.5, 0.6) is 0 Å². The molecule has 0 bridgehead atoms. The van der Waals surface area contributed by atoms with Crippen molar-refractivity contribution in [2.24, 2.45) is 0 Å². The first kappa shape index (κ1) is 12.4. The Morgan fingerprint density at radius 3 is 2.67 bits per heavy atom. The van der Waals surface area contributed by atoms with Gasteiger partial charge in [0.25, 0.3) is 0 Å². The summed E-state index contributed by atoms with van der Waals surface area (Å²) in [5.41, 5.74) is 1.02. The number of furan rings is 1. The van der Waals surface area contributed by atoms with Gasteiger partial charge in [-0.3, -0.25) is 0 Å². The number of carboxylic acids is 1. The van der Waals surface area contributed by atoms with Gasteiger partial charge in [0.05, 0.1) is 6.26 Å². The third-order valence-corrected chi connectivity index (χ3v) is 2.69. The second kappa shape index (κ2) is 4.64. The lowest BCUT2D eigenvalue weighted by Crippen LogP contribution is -2.02. The molecule has 2 aromatic rings. The van der Waals surface area contributed by atoms with Crippen LogP contribution in [-0.2, 0) is 0 Å². The van der Waals surface area contributed by atoms with Crippen molar-refractivity contribution in [2.75, 3.05) is 0 Å². The molecule has 3 nitrogen and oxygen atoms in total. The molecule has 0 amide bonds. The number of hydrogen-bond acceptors (Lipinski definition) is 2. The number of carbonyl (C=O) groups is 1. The molecule has 0 saturated heterocycles. The molecule has 2 rings (SSSR count). The standard InChI is InChI=1S/C14H13FO3/c1-8(2)13-12(14(16)17)11(7-18-13)9-4-3-5-10(15)6-9/h3-8H,1-2H3,(H,16,17). The van der Waals surface area contributed by atoms with Gasteiger partial charge in [-0.2, -0.15) is 0 Å². The quantitative estimate of drug-likeness (QED) is 0.895. The van der Waals surface area contributed by atoms with Crippen LogP contribution in [0.2, 0.25) is 0 Å². The SMILES string of the molecule is CC(C)c1occ(-c2cccc(F)c2)c1C(=O)O. The fraction of sp³-hybridized carbons (Fsp3) is 0.214. The van der Waals surface area contributed by atoms with E-state index >= 15 is 0 Å². The van der Waals surface area contributed by atoms with E-state index in [1.165, 1.54) is 18.4 Å². The lowest BCUT2D eigenvalue weighted by molar-refractivity contribution is 0.0694. The summed E-state index contributed by atoms with van der Waals surface area (Å²) in [5.74, 6) is -1.11. The summed E-state index contributed by atoms with van der Waals surface area (Å²) in [6.07, 6.45) is 1.37. The van der Waals surface area contributed by atoms with Crippen LogP contribution >= 0.6 is 0 Å². The van der Waals surface area contributed by atoms with Crippen LogP contribution in [0.25, 0.3) is 11.1 Å². The van der Waals surface area contributed by atoms with Crippen LogP contribution in [0.4, 0.5) is 4.39 Å². The first-order valence-electron chi connectivity index (χ1n) is 5.61. The minimum Gasteiger partial charge on any atom is -0.478 e. The average molecular weight is 248 g/mol. The maximum atomic E-state index is 13.2. The van der Waals surface area contributed by atoms with Crippen molar-refractivity contribution in [1.29, 1.82) is 0 Å². The molecular formula is C14H13FO3. The van der Waals surface area contributed by atoms with Crippen molar-refractivity contribution in [3.8, 4) is 11.1 Å². The molecule has 1 aromatic heterocycles. The molecule has 0 unspecified atom stereocenters. The van der Waals surface area contributed by atoms with Gasteiger partial charge >= 0.3 is 5.97 Å².